The molecule has 0 bridgehead atoms. The smallest absolute Gasteiger partial charge is 0.354 e. The second-order valence-electron chi connectivity index (χ2n) is 5.65. The van der Waals surface area contributed by atoms with Crippen LogP contribution in [0, 0.1) is 21.4 Å². The number of fused-ring (bicyclic) bond motifs is 1. The maximum atomic E-state index is 12.3. The highest BCUT2D eigenvalue weighted by Crippen LogP contribution is 2.24. The number of non-ortho nitro benzene ring substituents is 1. The van der Waals surface area contributed by atoms with Crippen LogP contribution in [-0.2, 0) is 11.3 Å². The van der Waals surface area contributed by atoms with E-state index >= 15 is 0 Å². The van der Waals surface area contributed by atoms with E-state index in [2.05, 4.69) is 6.07 Å². The molecule has 7 heteroatoms. The molecule has 0 unspecified atom stereocenters. The summed E-state index contributed by atoms with van der Waals surface area (Å²) in [6.45, 7) is 2.31. The number of carbonyl (C=O) groups excluding carboxylic acids is 1. The van der Waals surface area contributed by atoms with Gasteiger partial charge in [-0.1, -0.05) is 18.2 Å². The lowest BCUT2D eigenvalue weighted by Crippen LogP contribution is -2.13. The molecule has 0 fully saturated rings. The van der Waals surface area contributed by atoms with Crippen LogP contribution in [0.4, 0.5) is 5.69 Å². The molecular weight excluding hydrogens is 334 g/mol. The summed E-state index contributed by atoms with van der Waals surface area (Å²) in [5.74, 6) is -0.455. The number of nitriles is 1. The minimum Gasteiger partial charge on any atom is -0.461 e. The molecule has 7 nitrogen and oxygen atoms in total. The molecule has 1 heterocycles. The van der Waals surface area contributed by atoms with Gasteiger partial charge in [0.2, 0.25) is 0 Å². The van der Waals surface area contributed by atoms with Crippen molar-refractivity contribution in [2.24, 2.45) is 0 Å². The Balaban J connectivity index is 2.08. The van der Waals surface area contributed by atoms with Crippen molar-refractivity contribution < 1.29 is 14.5 Å². The summed E-state index contributed by atoms with van der Waals surface area (Å²) in [6.07, 6.45) is 0. The Labute approximate surface area is 149 Å². The molecule has 3 rings (SSSR count). The third-order valence-corrected chi connectivity index (χ3v) is 4.01. The molecule has 0 amide bonds. The zero-order valence-corrected chi connectivity index (χ0v) is 14.0. The van der Waals surface area contributed by atoms with Gasteiger partial charge in [0.1, 0.15) is 5.69 Å². The molecule has 0 saturated carbocycles. The summed E-state index contributed by atoms with van der Waals surface area (Å²) in [5.41, 5.74) is 2.38. The topological polar surface area (TPSA) is 98.2 Å². The fraction of sp³-hybridized carbons (Fsp3) is 0.158. The molecular formula is C19H15N3O4. The van der Waals surface area contributed by atoms with Crippen molar-refractivity contribution >= 4 is 22.6 Å². The second kappa shape index (κ2) is 7.07. The molecule has 1 aromatic heterocycles. The van der Waals surface area contributed by atoms with Gasteiger partial charge >= 0.3 is 5.97 Å². The van der Waals surface area contributed by atoms with E-state index in [1.807, 2.05) is 0 Å². The molecule has 2 aromatic carbocycles. The van der Waals surface area contributed by atoms with E-state index in [0.29, 0.717) is 17.8 Å². The predicted octanol–water partition coefficient (Wildman–Crippen LogP) is 3.65. The van der Waals surface area contributed by atoms with Crippen LogP contribution >= 0.6 is 0 Å². The lowest BCUT2D eigenvalue weighted by Gasteiger charge is -2.10. The zero-order chi connectivity index (χ0) is 18.7. The maximum Gasteiger partial charge on any atom is 0.354 e. The van der Waals surface area contributed by atoms with Gasteiger partial charge in [0, 0.05) is 24.1 Å². The molecule has 0 N–H and O–H groups in total. The first kappa shape index (κ1) is 17.2. The summed E-state index contributed by atoms with van der Waals surface area (Å²) in [4.78, 5) is 22.7. The van der Waals surface area contributed by atoms with Crippen LogP contribution in [0.1, 0.15) is 28.5 Å². The van der Waals surface area contributed by atoms with Gasteiger partial charge in [0.15, 0.2) is 0 Å². The van der Waals surface area contributed by atoms with Crippen molar-refractivity contribution in [3.05, 3.63) is 75.5 Å². The van der Waals surface area contributed by atoms with E-state index < -0.39 is 10.9 Å². The van der Waals surface area contributed by atoms with Crippen LogP contribution in [0.3, 0.4) is 0 Å². The van der Waals surface area contributed by atoms with Crippen LogP contribution in [-0.4, -0.2) is 22.1 Å². The molecule has 0 atom stereocenters. The van der Waals surface area contributed by atoms with Crippen molar-refractivity contribution in [3.8, 4) is 6.07 Å². The van der Waals surface area contributed by atoms with Crippen LogP contribution in [0.5, 0.6) is 0 Å². The minimum absolute atomic E-state index is 0.00324. The summed E-state index contributed by atoms with van der Waals surface area (Å²) >= 11 is 0. The average molecular weight is 349 g/mol. The summed E-state index contributed by atoms with van der Waals surface area (Å²) < 4.78 is 6.89. The molecule has 0 radical (unpaired) electrons. The Bertz CT molecular complexity index is 1030. The maximum absolute atomic E-state index is 12.3. The Morgan fingerprint density at radius 3 is 2.58 bits per heavy atom. The van der Waals surface area contributed by atoms with Gasteiger partial charge in [-0.05, 0) is 30.7 Å². The van der Waals surface area contributed by atoms with Gasteiger partial charge < -0.3 is 9.30 Å². The zero-order valence-electron chi connectivity index (χ0n) is 14.0. The highest BCUT2D eigenvalue weighted by Gasteiger charge is 2.17. The highest BCUT2D eigenvalue weighted by atomic mass is 16.6. The molecule has 0 aliphatic carbocycles. The standard InChI is InChI=1S/C19H15N3O4/c1-2-26-19(23)18-10-15-6-3-14(11-20)9-17(15)21(18)12-13-4-7-16(8-5-13)22(24)25/h3-10H,2,12H2,1H3. The fourth-order valence-electron chi connectivity index (χ4n) is 2.77. The minimum atomic E-state index is -0.460. The van der Waals surface area contributed by atoms with Crippen LogP contribution in [0.15, 0.2) is 48.5 Å². The van der Waals surface area contributed by atoms with E-state index in [1.165, 1.54) is 12.1 Å². The summed E-state index contributed by atoms with van der Waals surface area (Å²) in [5, 5.41) is 20.8. The third kappa shape index (κ3) is 3.26. The van der Waals surface area contributed by atoms with Gasteiger partial charge in [-0.15, -0.1) is 0 Å². The number of carbonyl (C=O) groups is 1. The molecule has 0 aliphatic heterocycles. The Morgan fingerprint density at radius 2 is 1.96 bits per heavy atom. The lowest BCUT2D eigenvalue weighted by atomic mass is 10.1. The molecule has 0 aliphatic rings. The number of nitro benzene ring substituents is 1. The number of hydrogen-bond donors (Lipinski definition) is 0. The van der Waals surface area contributed by atoms with E-state index in [0.717, 1.165) is 16.5 Å². The van der Waals surface area contributed by atoms with Gasteiger partial charge in [-0.3, -0.25) is 10.1 Å². The third-order valence-electron chi connectivity index (χ3n) is 4.01. The first-order valence-corrected chi connectivity index (χ1v) is 7.97. The first-order chi connectivity index (χ1) is 12.5. The van der Waals surface area contributed by atoms with Crippen LogP contribution < -0.4 is 0 Å². The lowest BCUT2D eigenvalue weighted by molar-refractivity contribution is -0.384. The number of ether oxygens (including phenoxy) is 1. The normalized spacial score (nSPS) is 10.5. The largest absolute Gasteiger partial charge is 0.461 e. The second-order valence-corrected chi connectivity index (χ2v) is 5.65. The van der Waals surface area contributed by atoms with E-state index in [-0.39, 0.29) is 12.3 Å². The predicted molar refractivity (Wildman–Crippen MR) is 94.8 cm³/mol. The van der Waals surface area contributed by atoms with Gasteiger partial charge in [-0.2, -0.15) is 5.26 Å². The van der Waals surface area contributed by atoms with Crippen molar-refractivity contribution in [3.63, 3.8) is 0 Å². The van der Waals surface area contributed by atoms with Crippen molar-refractivity contribution in [1.29, 1.82) is 5.26 Å². The molecule has 26 heavy (non-hydrogen) atoms. The van der Waals surface area contributed by atoms with Crippen molar-refractivity contribution in [2.75, 3.05) is 6.61 Å². The van der Waals surface area contributed by atoms with Crippen molar-refractivity contribution in [2.45, 2.75) is 13.5 Å². The highest BCUT2D eigenvalue weighted by molar-refractivity contribution is 5.96. The van der Waals surface area contributed by atoms with E-state index in [4.69, 9.17) is 10.00 Å². The number of nitrogens with zero attached hydrogens (tertiary/aromatic N) is 3. The number of rotatable bonds is 5. The SMILES string of the molecule is CCOC(=O)c1cc2ccc(C#N)cc2n1Cc1ccc([N+](=O)[O-])cc1. The van der Waals surface area contributed by atoms with Gasteiger partial charge in [0.25, 0.3) is 5.69 Å². The molecule has 130 valence electrons. The summed E-state index contributed by atoms with van der Waals surface area (Å²) in [7, 11) is 0. The Hall–Kier alpha value is -3.66. The van der Waals surface area contributed by atoms with E-state index in [9.17, 15) is 14.9 Å². The summed E-state index contributed by atoms with van der Waals surface area (Å²) in [6, 6.07) is 15.1. The Kier molecular flexibility index (Phi) is 4.67. The fourth-order valence-corrected chi connectivity index (χ4v) is 2.77. The molecule has 0 spiro atoms. The monoisotopic (exact) mass is 349 g/mol. The quantitative estimate of drug-likeness (QED) is 0.398. The van der Waals surface area contributed by atoms with Crippen molar-refractivity contribution in [1.82, 2.24) is 4.57 Å². The molecule has 0 saturated heterocycles. The van der Waals surface area contributed by atoms with Gasteiger partial charge in [0.05, 0.1) is 28.7 Å². The number of aromatic nitrogens is 1. The number of benzene rings is 2. The number of esters is 1. The van der Waals surface area contributed by atoms with Crippen LogP contribution in [0.2, 0.25) is 0 Å². The average Bonchev–Trinajstić information content (AvgIpc) is 3.00. The number of hydrogen-bond acceptors (Lipinski definition) is 5. The van der Waals surface area contributed by atoms with Crippen LogP contribution in [0.25, 0.3) is 10.9 Å². The Morgan fingerprint density at radius 1 is 1.23 bits per heavy atom. The first-order valence-electron chi connectivity index (χ1n) is 7.97. The van der Waals surface area contributed by atoms with Gasteiger partial charge in [-0.25, -0.2) is 4.79 Å². The molecule has 3 aromatic rings. The van der Waals surface area contributed by atoms with E-state index in [1.54, 1.807) is 47.9 Å². The number of nitro groups is 1.